The molecule has 0 bridgehead atoms. The number of nitrogens with one attached hydrogen (secondary N) is 2. The lowest BCUT2D eigenvalue weighted by Crippen LogP contribution is -2.51. The summed E-state index contributed by atoms with van der Waals surface area (Å²) < 4.78 is 10.4. The molecule has 148 valence electrons. The molecule has 2 N–H and O–H groups in total. The number of ether oxygens (including phenoxy) is 2. The van der Waals surface area contributed by atoms with Crippen LogP contribution in [0.3, 0.4) is 0 Å². The maximum Gasteiger partial charge on any atom is 0.257 e. The number of rotatable bonds is 5. The number of pyridine rings is 1. The van der Waals surface area contributed by atoms with Crippen molar-refractivity contribution in [1.82, 2.24) is 20.7 Å². The highest BCUT2D eigenvalue weighted by atomic mass is 32.1. The Morgan fingerprint density at radius 1 is 1.21 bits per heavy atom. The summed E-state index contributed by atoms with van der Waals surface area (Å²) in [5.74, 6) is 0.747. The van der Waals surface area contributed by atoms with E-state index in [4.69, 9.17) is 21.7 Å². The molecule has 7 nitrogen and oxygen atoms in total. The van der Waals surface area contributed by atoms with E-state index >= 15 is 0 Å². The third-order valence-electron chi connectivity index (χ3n) is 4.66. The third kappa shape index (κ3) is 4.96. The highest BCUT2D eigenvalue weighted by Gasteiger charge is 2.25. The van der Waals surface area contributed by atoms with Crippen LogP contribution in [0.15, 0.2) is 42.7 Å². The fourth-order valence-corrected chi connectivity index (χ4v) is 3.47. The van der Waals surface area contributed by atoms with Crippen molar-refractivity contribution in [1.29, 1.82) is 0 Å². The Morgan fingerprint density at radius 3 is 2.61 bits per heavy atom. The number of aromatic nitrogens is 1. The second-order valence-electron chi connectivity index (χ2n) is 6.49. The SMILES string of the molecule is COc1cc(OC)cc(C(=O)NC(=S)NN2CCCC[C@@H]2c2cccnc2)c1. The Hall–Kier alpha value is -2.71. The molecule has 1 aromatic heterocycles. The van der Waals surface area contributed by atoms with E-state index in [0.717, 1.165) is 31.4 Å². The van der Waals surface area contributed by atoms with Crippen LogP contribution in [-0.4, -0.2) is 41.8 Å². The van der Waals surface area contributed by atoms with Crippen molar-refractivity contribution >= 4 is 23.2 Å². The van der Waals surface area contributed by atoms with Crippen LogP contribution >= 0.6 is 12.2 Å². The summed E-state index contributed by atoms with van der Waals surface area (Å²) in [5.41, 5.74) is 4.70. The Morgan fingerprint density at radius 2 is 1.96 bits per heavy atom. The van der Waals surface area contributed by atoms with Crippen LogP contribution in [0.1, 0.15) is 41.2 Å². The molecule has 1 aliphatic rings. The molecule has 2 heterocycles. The standard InChI is InChI=1S/C20H24N4O3S/c1-26-16-10-15(11-17(12-16)27-2)19(25)22-20(28)23-24-9-4-3-7-18(24)14-6-5-8-21-13-14/h5-6,8,10-13,18H,3-4,7,9H2,1-2H3,(H2,22,23,25,28)/t18-/m1/s1. The first-order valence-electron chi connectivity index (χ1n) is 9.12. The van der Waals surface area contributed by atoms with Crippen molar-refractivity contribution in [2.45, 2.75) is 25.3 Å². The zero-order valence-electron chi connectivity index (χ0n) is 16.0. The van der Waals surface area contributed by atoms with Gasteiger partial charge in [-0.25, -0.2) is 5.01 Å². The summed E-state index contributed by atoms with van der Waals surface area (Å²) in [6.07, 6.45) is 6.84. The number of hydrogen-bond acceptors (Lipinski definition) is 6. The second kappa shape index (κ2) is 9.48. The van der Waals surface area contributed by atoms with Gasteiger partial charge >= 0.3 is 0 Å². The number of carbonyl (C=O) groups excluding carboxylic acids is 1. The molecule has 1 atom stereocenters. The van der Waals surface area contributed by atoms with Crippen molar-refractivity contribution < 1.29 is 14.3 Å². The average molecular weight is 401 g/mol. The van der Waals surface area contributed by atoms with Crippen molar-refractivity contribution in [2.75, 3.05) is 20.8 Å². The molecule has 0 spiro atoms. The number of methoxy groups -OCH3 is 2. The van der Waals surface area contributed by atoms with E-state index in [9.17, 15) is 4.79 Å². The molecule has 0 radical (unpaired) electrons. The first-order valence-corrected chi connectivity index (χ1v) is 9.53. The molecule has 1 aromatic carbocycles. The summed E-state index contributed by atoms with van der Waals surface area (Å²) in [4.78, 5) is 16.8. The predicted molar refractivity (Wildman–Crippen MR) is 110 cm³/mol. The minimum absolute atomic E-state index is 0.161. The maximum atomic E-state index is 12.6. The summed E-state index contributed by atoms with van der Waals surface area (Å²) >= 11 is 5.37. The van der Waals surface area contributed by atoms with E-state index in [1.165, 1.54) is 14.2 Å². The van der Waals surface area contributed by atoms with Crippen molar-refractivity contribution in [3.8, 4) is 11.5 Å². The lowest BCUT2D eigenvalue weighted by atomic mass is 9.98. The molecule has 1 amide bonds. The largest absolute Gasteiger partial charge is 0.497 e. The van der Waals surface area contributed by atoms with Gasteiger partial charge in [0.15, 0.2) is 5.11 Å². The summed E-state index contributed by atoms with van der Waals surface area (Å²) in [7, 11) is 3.08. The highest BCUT2D eigenvalue weighted by Crippen LogP contribution is 2.28. The third-order valence-corrected chi connectivity index (χ3v) is 4.85. The summed E-state index contributed by atoms with van der Waals surface area (Å²) in [6.45, 7) is 0.836. The second-order valence-corrected chi connectivity index (χ2v) is 6.90. The van der Waals surface area contributed by atoms with Crippen LogP contribution in [0.25, 0.3) is 0 Å². The number of hydrazine groups is 1. The van der Waals surface area contributed by atoms with Gasteiger partial charge in [0.05, 0.1) is 20.3 Å². The lowest BCUT2D eigenvalue weighted by Gasteiger charge is -2.36. The van der Waals surface area contributed by atoms with E-state index in [1.54, 1.807) is 24.4 Å². The van der Waals surface area contributed by atoms with E-state index in [2.05, 4.69) is 26.8 Å². The normalized spacial score (nSPS) is 16.9. The average Bonchev–Trinajstić information content (AvgIpc) is 2.74. The van der Waals surface area contributed by atoms with Gasteiger partial charge in [-0.2, -0.15) is 0 Å². The van der Waals surface area contributed by atoms with Crippen LogP contribution in [0.4, 0.5) is 0 Å². The number of benzene rings is 1. The van der Waals surface area contributed by atoms with Gasteiger partial charge in [-0.15, -0.1) is 0 Å². The molecule has 2 aromatic rings. The number of piperidine rings is 1. The predicted octanol–water partition coefficient (Wildman–Crippen LogP) is 2.85. The molecule has 3 rings (SSSR count). The van der Waals surface area contributed by atoms with Gasteiger partial charge in [-0.1, -0.05) is 12.5 Å². The molecule has 1 aliphatic heterocycles. The quantitative estimate of drug-likeness (QED) is 0.748. The van der Waals surface area contributed by atoms with Crippen LogP contribution < -0.4 is 20.2 Å². The van der Waals surface area contributed by atoms with Crippen molar-refractivity contribution in [2.24, 2.45) is 0 Å². The Kier molecular flexibility index (Phi) is 6.78. The molecular formula is C20H24N4O3S. The number of hydrogen-bond donors (Lipinski definition) is 2. The molecule has 0 aliphatic carbocycles. The highest BCUT2D eigenvalue weighted by molar-refractivity contribution is 7.80. The van der Waals surface area contributed by atoms with Crippen LogP contribution in [0, 0.1) is 0 Å². The molecule has 0 saturated carbocycles. The van der Waals surface area contributed by atoms with E-state index < -0.39 is 0 Å². The minimum Gasteiger partial charge on any atom is -0.497 e. The van der Waals surface area contributed by atoms with E-state index in [0.29, 0.717) is 17.1 Å². The Balaban J connectivity index is 1.66. The number of nitrogens with zero attached hydrogens (tertiary/aromatic N) is 2. The lowest BCUT2D eigenvalue weighted by molar-refractivity contribution is 0.0957. The van der Waals surface area contributed by atoms with Crippen molar-refractivity contribution in [3.63, 3.8) is 0 Å². The van der Waals surface area contributed by atoms with Crippen molar-refractivity contribution in [3.05, 3.63) is 53.9 Å². The van der Waals surface area contributed by atoms with Gasteiger partial charge in [0.25, 0.3) is 5.91 Å². The molecule has 8 heteroatoms. The van der Waals surface area contributed by atoms with Gasteiger partial charge in [0.1, 0.15) is 11.5 Å². The van der Waals surface area contributed by atoms with E-state index in [-0.39, 0.29) is 17.1 Å². The summed E-state index contributed by atoms with van der Waals surface area (Å²) in [5, 5.41) is 5.05. The van der Waals surface area contributed by atoms with Crippen LogP contribution in [0.5, 0.6) is 11.5 Å². The van der Waals surface area contributed by atoms with Gasteiger partial charge in [-0.3, -0.25) is 20.5 Å². The zero-order valence-corrected chi connectivity index (χ0v) is 16.8. The topological polar surface area (TPSA) is 75.7 Å². The number of carbonyl (C=O) groups is 1. The van der Waals surface area contributed by atoms with Crippen LogP contribution in [-0.2, 0) is 0 Å². The van der Waals surface area contributed by atoms with Gasteiger partial charge in [0, 0.05) is 30.6 Å². The molecular weight excluding hydrogens is 376 g/mol. The number of thiocarbonyl (C=S) groups is 1. The van der Waals surface area contributed by atoms with Crippen LogP contribution in [0.2, 0.25) is 0 Å². The van der Waals surface area contributed by atoms with Gasteiger partial charge in [-0.05, 0) is 48.8 Å². The zero-order chi connectivity index (χ0) is 19.9. The fraction of sp³-hybridized carbons (Fsp3) is 0.350. The molecule has 0 unspecified atom stereocenters. The first-order chi connectivity index (χ1) is 13.6. The smallest absolute Gasteiger partial charge is 0.257 e. The first kappa shape index (κ1) is 20.0. The van der Waals surface area contributed by atoms with E-state index in [1.807, 2.05) is 12.3 Å². The number of amides is 1. The monoisotopic (exact) mass is 400 g/mol. The Labute approximate surface area is 170 Å². The minimum atomic E-state index is -0.329. The fourth-order valence-electron chi connectivity index (χ4n) is 3.26. The molecule has 28 heavy (non-hydrogen) atoms. The van der Waals surface area contributed by atoms with Gasteiger partial charge < -0.3 is 9.47 Å². The summed E-state index contributed by atoms with van der Waals surface area (Å²) in [6, 6.07) is 9.13. The molecule has 1 fully saturated rings. The maximum absolute atomic E-state index is 12.6. The molecule has 1 saturated heterocycles. The Bertz CT molecular complexity index is 809. The van der Waals surface area contributed by atoms with Gasteiger partial charge in [0.2, 0.25) is 0 Å².